The van der Waals surface area contributed by atoms with Gasteiger partial charge >= 0.3 is 0 Å². The van der Waals surface area contributed by atoms with E-state index < -0.39 is 0 Å². The number of aromatic nitrogens is 1. The average Bonchev–Trinajstić information content (AvgIpc) is 2.15. The lowest BCUT2D eigenvalue weighted by Gasteiger charge is -1.98. The van der Waals surface area contributed by atoms with E-state index in [1.807, 2.05) is 6.92 Å². The highest BCUT2D eigenvalue weighted by atomic mass is 16.5. The minimum atomic E-state index is 0.00471. The van der Waals surface area contributed by atoms with Gasteiger partial charge in [-0.3, -0.25) is 4.79 Å². The number of ketones is 1. The Balaban J connectivity index is 2.75. The Morgan fingerprint density at radius 1 is 1.54 bits per heavy atom. The molecule has 0 bridgehead atoms. The van der Waals surface area contributed by atoms with Crippen molar-refractivity contribution in [1.29, 1.82) is 0 Å². The van der Waals surface area contributed by atoms with Gasteiger partial charge in [0.2, 0.25) is 5.88 Å². The second-order valence-corrected chi connectivity index (χ2v) is 2.53. The largest absolute Gasteiger partial charge is 0.447 e. The van der Waals surface area contributed by atoms with Crippen molar-refractivity contribution in [2.75, 3.05) is 0 Å². The van der Waals surface area contributed by atoms with Gasteiger partial charge in [-0.2, -0.15) is 0 Å². The summed E-state index contributed by atoms with van der Waals surface area (Å²) in [6.07, 6.45) is 4.80. The molecule has 1 aromatic rings. The Hall–Kier alpha value is -1.64. The predicted molar refractivity (Wildman–Crippen MR) is 49.7 cm³/mol. The summed E-state index contributed by atoms with van der Waals surface area (Å²) < 4.78 is 5.09. The first-order valence-electron chi connectivity index (χ1n) is 3.99. The lowest BCUT2D eigenvalue weighted by molar-refractivity contribution is 0.101. The molecule has 1 rings (SSSR count). The Kier molecular flexibility index (Phi) is 3.20. The molecule has 0 saturated heterocycles. The molecular weight excluding hydrogens is 166 g/mol. The summed E-state index contributed by atoms with van der Waals surface area (Å²) in [6.45, 7) is 3.35. The monoisotopic (exact) mass is 177 g/mol. The molecule has 0 atom stereocenters. The van der Waals surface area contributed by atoms with Crippen LogP contribution in [0.4, 0.5) is 0 Å². The fraction of sp³-hybridized carbons (Fsp3) is 0.200. The summed E-state index contributed by atoms with van der Waals surface area (Å²) in [5, 5.41) is 0. The van der Waals surface area contributed by atoms with Crippen LogP contribution in [0.3, 0.4) is 0 Å². The van der Waals surface area contributed by atoms with Crippen molar-refractivity contribution in [3.8, 4) is 5.88 Å². The van der Waals surface area contributed by atoms with E-state index in [0.29, 0.717) is 11.4 Å². The molecule has 0 aliphatic carbocycles. The molecule has 0 aliphatic heterocycles. The lowest BCUT2D eigenvalue weighted by Crippen LogP contribution is -1.93. The highest BCUT2D eigenvalue weighted by Gasteiger charge is 1.99. The molecular formula is C10H11NO2. The number of pyridine rings is 1. The number of hydrogen-bond acceptors (Lipinski definition) is 3. The van der Waals surface area contributed by atoms with Gasteiger partial charge in [0.05, 0.1) is 6.26 Å². The fourth-order valence-corrected chi connectivity index (χ4v) is 0.796. The van der Waals surface area contributed by atoms with Crippen molar-refractivity contribution in [3.63, 3.8) is 0 Å². The molecule has 1 heterocycles. The third kappa shape index (κ3) is 2.71. The Morgan fingerprint density at radius 3 is 2.77 bits per heavy atom. The summed E-state index contributed by atoms with van der Waals surface area (Å²) in [7, 11) is 0. The normalized spacial score (nSPS) is 10.3. The van der Waals surface area contributed by atoms with E-state index in [9.17, 15) is 4.79 Å². The van der Waals surface area contributed by atoms with Crippen LogP contribution in [0.1, 0.15) is 24.2 Å². The quantitative estimate of drug-likeness (QED) is 0.524. The van der Waals surface area contributed by atoms with E-state index in [2.05, 4.69) is 4.98 Å². The molecule has 0 saturated carbocycles. The molecule has 1 aromatic heterocycles. The maximum absolute atomic E-state index is 10.9. The number of nitrogens with zero attached hydrogens (tertiary/aromatic N) is 1. The van der Waals surface area contributed by atoms with Crippen molar-refractivity contribution in [2.24, 2.45) is 0 Å². The van der Waals surface area contributed by atoms with Gasteiger partial charge in [0.15, 0.2) is 5.78 Å². The molecule has 3 nitrogen and oxygen atoms in total. The predicted octanol–water partition coefficient (Wildman–Crippen LogP) is 2.20. The number of rotatable bonds is 3. The molecule has 0 spiro atoms. The van der Waals surface area contributed by atoms with Crippen LogP contribution in [0.25, 0.3) is 0 Å². The topological polar surface area (TPSA) is 39.2 Å². The van der Waals surface area contributed by atoms with E-state index >= 15 is 0 Å². The van der Waals surface area contributed by atoms with E-state index in [1.165, 1.54) is 19.4 Å². The van der Waals surface area contributed by atoms with Crippen LogP contribution in [-0.2, 0) is 0 Å². The summed E-state index contributed by atoms with van der Waals surface area (Å²) in [6, 6.07) is 3.35. The number of carbonyl (C=O) groups is 1. The maximum Gasteiger partial charge on any atom is 0.218 e. The van der Waals surface area contributed by atoms with Gasteiger partial charge in [-0.1, -0.05) is 6.08 Å². The number of ether oxygens (including phenoxy) is 1. The van der Waals surface area contributed by atoms with E-state index in [4.69, 9.17) is 4.74 Å². The van der Waals surface area contributed by atoms with Crippen LogP contribution in [0.2, 0.25) is 0 Å². The van der Waals surface area contributed by atoms with Gasteiger partial charge in [-0.25, -0.2) is 4.98 Å². The number of allylic oxidation sites excluding steroid dienone is 1. The number of Topliss-reactive ketones (excluding diaryl/α,β-unsaturated/α-hetero) is 1. The SMILES string of the molecule is C/C=C/Oc1ccc(C(C)=O)cn1. The highest BCUT2D eigenvalue weighted by molar-refractivity contribution is 5.93. The van der Waals surface area contributed by atoms with Crippen molar-refractivity contribution < 1.29 is 9.53 Å². The minimum absolute atomic E-state index is 0.00471. The maximum atomic E-state index is 10.9. The third-order valence-electron chi connectivity index (χ3n) is 1.47. The van der Waals surface area contributed by atoms with E-state index in [-0.39, 0.29) is 5.78 Å². The van der Waals surface area contributed by atoms with Crippen LogP contribution in [0, 0.1) is 0 Å². The van der Waals surface area contributed by atoms with E-state index in [1.54, 1.807) is 18.2 Å². The third-order valence-corrected chi connectivity index (χ3v) is 1.47. The fourth-order valence-electron chi connectivity index (χ4n) is 0.796. The van der Waals surface area contributed by atoms with Crippen LogP contribution >= 0.6 is 0 Å². The Morgan fingerprint density at radius 2 is 2.31 bits per heavy atom. The second-order valence-electron chi connectivity index (χ2n) is 2.53. The van der Waals surface area contributed by atoms with Gasteiger partial charge in [0, 0.05) is 17.8 Å². The summed E-state index contributed by atoms with van der Waals surface area (Å²) in [4.78, 5) is 14.8. The first kappa shape index (κ1) is 9.45. The zero-order chi connectivity index (χ0) is 9.68. The zero-order valence-electron chi connectivity index (χ0n) is 7.65. The van der Waals surface area contributed by atoms with E-state index in [0.717, 1.165) is 0 Å². The molecule has 0 N–H and O–H groups in total. The Labute approximate surface area is 77.1 Å². The second kappa shape index (κ2) is 4.40. The zero-order valence-corrected chi connectivity index (χ0v) is 7.65. The molecule has 0 aliphatic rings. The Bertz CT molecular complexity index is 314. The highest BCUT2D eigenvalue weighted by Crippen LogP contribution is 2.07. The average molecular weight is 177 g/mol. The van der Waals surface area contributed by atoms with Crippen molar-refractivity contribution in [1.82, 2.24) is 4.98 Å². The molecule has 3 heteroatoms. The molecule has 0 aromatic carbocycles. The molecule has 0 fully saturated rings. The molecule has 0 amide bonds. The standard InChI is InChI=1S/C10H11NO2/c1-3-6-13-10-5-4-9(7-11-10)8(2)12/h3-7H,1-2H3/b6-3+. The summed E-state index contributed by atoms with van der Waals surface area (Å²) in [5.41, 5.74) is 0.591. The van der Waals surface area contributed by atoms with Gasteiger partial charge < -0.3 is 4.74 Å². The molecule has 0 radical (unpaired) electrons. The molecule has 0 unspecified atom stereocenters. The van der Waals surface area contributed by atoms with Gasteiger partial charge in [0.1, 0.15) is 0 Å². The lowest BCUT2D eigenvalue weighted by atomic mass is 10.2. The number of hydrogen-bond donors (Lipinski definition) is 0. The summed E-state index contributed by atoms with van der Waals surface area (Å²) in [5.74, 6) is 0.494. The van der Waals surface area contributed by atoms with Crippen LogP contribution in [0.5, 0.6) is 5.88 Å². The van der Waals surface area contributed by atoms with Crippen molar-refractivity contribution in [2.45, 2.75) is 13.8 Å². The van der Waals surface area contributed by atoms with Crippen LogP contribution < -0.4 is 4.74 Å². The molecule has 68 valence electrons. The number of carbonyl (C=O) groups excluding carboxylic acids is 1. The van der Waals surface area contributed by atoms with Crippen LogP contribution in [-0.4, -0.2) is 10.8 Å². The first-order valence-corrected chi connectivity index (χ1v) is 3.99. The molecule has 13 heavy (non-hydrogen) atoms. The van der Waals surface area contributed by atoms with Crippen LogP contribution in [0.15, 0.2) is 30.7 Å². The van der Waals surface area contributed by atoms with Gasteiger partial charge in [0.25, 0.3) is 0 Å². The van der Waals surface area contributed by atoms with Crippen molar-refractivity contribution in [3.05, 3.63) is 36.2 Å². The van der Waals surface area contributed by atoms with Gasteiger partial charge in [-0.05, 0) is 19.9 Å². The van der Waals surface area contributed by atoms with Gasteiger partial charge in [-0.15, -0.1) is 0 Å². The first-order chi connectivity index (χ1) is 6.24. The smallest absolute Gasteiger partial charge is 0.218 e. The van der Waals surface area contributed by atoms with Crippen molar-refractivity contribution >= 4 is 5.78 Å². The minimum Gasteiger partial charge on any atom is -0.447 e. The summed E-state index contributed by atoms with van der Waals surface area (Å²) >= 11 is 0.